The van der Waals surface area contributed by atoms with E-state index in [4.69, 9.17) is 0 Å². The Morgan fingerprint density at radius 1 is 1.04 bits per heavy atom. The number of amides is 1. The van der Waals surface area contributed by atoms with Gasteiger partial charge in [0.1, 0.15) is 0 Å². The lowest BCUT2D eigenvalue weighted by Gasteiger charge is -2.16. The largest absolute Gasteiger partial charge is 0.349 e. The van der Waals surface area contributed by atoms with Gasteiger partial charge in [-0.2, -0.15) is 0 Å². The molecule has 0 spiro atoms. The van der Waals surface area contributed by atoms with E-state index >= 15 is 0 Å². The van der Waals surface area contributed by atoms with Crippen molar-refractivity contribution in [2.24, 2.45) is 0 Å². The zero-order chi connectivity index (χ0) is 19.1. The summed E-state index contributed by atoms with van der Waals surface area (Å²) < 4.78 is 27.7. The van der Waals surface area contributed by atoms with Crippen LogP contribution in [0.3, 0.4) is 0 Å². The topological polar surface area (TPSA) is 88.2 Å². The minimum absolute atomic E-state index is 0.0880. The number of pyridine rings is 1. The van der Waals surface area contributed by atoms with Gasteiger partial charge in [-0.15, -0.1) is 0 Å². The molecular formula is C20H25N3O3S. The van der Waals surface area contributed by atoms with Crippen molar-refractivity contribution in [1.29, 1.82) is 0 Å². The first-order chi connectivity index (χ1) is 13.0. The molecule has 0 aliphatic heterocycles. The molecule has 0 bridgehead atoms. The third kappa shape index (κ3) is 5.61. The highest BCUT2D eigenvalue weighted by atomic mass is 32.2. The Morgan fingerprint density at radius 2 is 1.74 bits per heavy atom. The van der Waals surface area contributed by atoms with Gasteiger partial charge in [0.2, 0.25) is 10.0 Å². The van der Waals surface area contributed by atoms with E-state index in [9.17, 15) is 13.2 Å². The average Bonchev–Trinajstić information content (AvgIpc) is 2.96. The number of hydrogen-bond acceptors (Lipinski definition) is 4. The van der Waals surface area contributed by atoms with E-state index in [1.54, 1.807) is 36.7 Å². The molecule has 2 N–H and O–H groups in total. The predicted molar refractivity (Wildman–Crippen MR) is 104 cm³/mol. The van der Waals surface area contributed by atoms with Gasteiger partial charge in [-0.25, -0.2) is 13.1 Å². The second kappa shape index (κ2) is 9.10. The second-order valence-corrected chi connectivity index (χ2v) is 8.64. The number of nitrogens with one attached hydrogen (secondary N) is 2. The van der Waals surface area contributed by atoms with Gasteiger partial charge in [-0.1, -0.05) is 31.7 Å². The molecule has 6 nitrogen and oxygen atoms in total. The standard InChI is InChI=1S/C20H25N3O3S/c24-20(23-18-7-3-1-2-4-8-18)17-6-5-9-19(14-17)27(25,26)22-15-16-10-12-21-13-11-16/h5-6,9-14,18,22H,1-4,7-8,15H2,(H,23,24). The molecule has 27 heavy (non-hydrogen) atoms. The van der Waals surface area contributed by atoms with Crippen LogP contribution in [0.2, 0.25) is 0 Å². The third-order valence-corrected chi connectivity index (χ3v) is 6.21. The van der Waals surface area contributed by atoms with E-state index < -0.39 is 10.0 Å². The van der Waals surface area contributed by atoms with Crippen molar-refractivity contribution in [3.63, 3.8) is 0 Å². The third-order valence-electron chi connectivity index (χ3n) is 4.81. The zero-order valence-corrected chi connectivity index (χ0v) is 16.0. The molecule has 1 heterocycles. The lowest BCUT2D eigenvalue weighted by Crippen LogP contribution is -2.34. The predicted octanol–water partition coefficient (Wildman–Crippen LogP) is 3.01. The monoisotopic (exact) mass is 387 g/mol. The summed E-state index contributed by atoms with van der Waals surface area (Å²) in [7, 11) is -3.70. The number of nitrogens with zero attached hydrogens (tertiary/aromatic N) is 1. The first kappa shape index (κ1) is 19.5. The van der Waals surface area contributed by atoms with Crippen LogP contribution in [0.15, 0.2) is 53.7 Å². The Kier molecular flexibility index (Phi) is 6.58. The number of hydrogen-bond donors (Lipinski definition) is 2. The smallest absolute Gasteiger partial charge is 0.251 e. The minimum Gasteiger partial charge on any atom is -0.349 e. The Balaban J connectivity index is 1.67. The molecule has 1 amide bonds. The van der Waals surface area contributed by atoms with Gasteiger partial charge < -0.3 is 5.32 Å². The molecule has 1 saturated carbocycles. The van der Waals surface area contributed by atoms with Crippen molar-refractivity contribution in [1.82, 2.24) is 15.0 Å². The van der Waals surface area contributed by atoms with Crippen molar-refractivity contribution in [2.75, 3.05) is 0 Å². The number of carbonyl (C=O) groups excluding carboxylic acids is 1. The molecule has 7 heteroatoms. The number of rotatable bonds is 6. The van der Waals surface area contributed by atoms with Crippen LogP contribution in [-0.4, -0.2) is 25.4 Å². The van der Waals surface area contributed by atoms with Crippen LogP contribution in [0.25, 0.3) is 0 Å². The highest BCUT2D eigenvalue weighted by Crippen LogP contribution is 2.18. The van der Waals surface area contributed by atoms with Crippen LogP contribution in [0.4, 0.5) is 0 Å². The fourth-order valence-corrected chi connectivity index (χ4v) is 4.32. The lowest BCUT2D eigenvalue weighted by molar-refractivity contribution is 0.0933. The number of benzene rings is 1. The fourth-order valence-electron chi connectivity index (χ4n) is 3.26. The summed E-state index contributed by atoms with van der Waals surface area (Å²) in [6, 6.07) is 9.85. The quantitative estimate of drug-likeness (QED) is 0.746. The second-order valence-electron chi connectivity index (χ2n) is 6.87. The highest BCUT2D eigenvalue weighted by molar-refractivity contribution is 7.89. The van der Waals surface area contributed by atoms with Crippen LogP contribution in [0.1, 0.15) is 54.4 Å². The number of aromatic nitrogens is 1. The maximum atomic E-state index is 12.6. The van der Waals surface area contributed by atoms with Gasteiger partial charge in [-0.3, -0.25) is 9.78 Å². The van der Waals surface area contributed by atoms with Crippen LogP contribution in [0, 0.1) is 0 Å². The average molecular weight is 388 g/mol. The van der Waals surface area contributed by atoms with E-state index in [0.717, 1.165) is 31.2 Å². The van der Waals surface area contributed by atoms with Crippen LogP contribution >= 0.6 is 0 Å². The summed E-state index contributed by atoms with van der Waals surface area (Å²) in [5, 5.41) is 3.05. The van der Waals surface area contributed by atoms with E-state index in [1.807, 2.05) is 0 Å². The molecule has 3 rings (SSSR count). The van der Waals surface area contributed by atoms with Gasteiger partial charge in [0.05, 0.1) is 4.90 Å². The fraction of sp³-hybridized carbons (Fsp3) is 0.400. The summed E-state index contributed by atoms with van der Waals surface area (Å²) >= 11 is 0. The molecule has 2 aromatic rings. The maximum Gasteiger partial charge on any atom is 0.251 e. The Hall–Kier alpha value is -2.25. The van der Waals surface area contributed by atoms with E-state index in [1.165, 1.54) is 25.0 Å². The normalized spacial score (nSPS) is 15.9. The van der Waals surface area contributed by atoms with Crippen LogP contribution in [0.5, 0.6) is 0 Å². The first-order valence-corrected chi connectivity index (χ1v) is 10.8. The number of sulfonamides is 1. The Labute approximate surface area is 160 Å². The molecule has 1 fully saturated rings. The summed E-state index contributed by atoms with van der Waals surface area (Å²) in [5.74, 6) is -0.215. The molecule has 0 saturated heterocycles. The maximum absolute atomic E-state index is 12.6. The minimum atomic E-state index is -3.70. The van der Waals surface area contributed by atoms with E-state index in [-0.39, 0.29) is 23.4 Å². The van der Waals surface area contributed by atoms with Gasteiger partial charge in [0.25, 0.3) is 5.91 Å². The van der Waals surface area contributed by atoms with Gasteiger partial charge in [0, 0.05) is 30.5 Å². The van der Waals surface area contributed by atoms with Crippen molar-refractivity contribution >= 4 is 15.9 Å². The summed E-state index contributed by atoms with van der Waals surface area (Å²) in [6.07, 6.45) is 9.86. The van der Waals surface area contributed by atoms with E-state index in [0.29, 0.717) is 5.56 Å². The number of carbonyl (C=O) groups is 1. The first-order valence-electron chi connectivity index (χ1n) is 9.34. The van der Waals surface area contributed by atoms with Gasteiger partial charge in [-0.05, 0) is 48.7 Å². The molecular weight excluding hydrogens is 362 g/mol. The molecule has 1 aliphatic rings. The van der Waals surface area contributed by atoms with Crippen molar-refractivity contribution < 1.29 is 13.2 Å². The molecule has 0 radical (unpaired) electrons. The molecule has 0 unspecified atom stereocenters. The zero-order valence-electron chi connectivity index (χ0n) is 15.2. The van der Waals surface area contributed by atoms with Crippen LogP contribution < -0.4 is 10.0 Å². The van der Waals surface area contributed by atoms with E-state index in [2.05, 4.69) is 15.0 Å². The van der Waals surface area contributed by atoms with Crippen molar-refractivity contribution in [2.45, 2.75) is 56.0 Å². The summed E-state index contributed by atoms with van der Waals surface area (Å²) in [6.45, 7) is 0.170. The van der Waals surface area contributed by atoms with Gasteiger partial charge >= 0.3 is 0 Å². The van der Waals surface area contributed by atoms with Crippen molar-refractivity contribution in [3.8, 4) is 0 Å². The van der Waals surface area contributed by atoms with Gasteiger partial charge in [0.15, 0.2) is 0 Å². The highest BCUT2D eigenvalue weighted by Gasteiger charge is 2.19. The molecule has 1 aromatic heterocycles. The molecule has 0 atom stereocenters. The molecule has 1 aromatic carbocycles. The Bertz CT molecular complexity index is 861. The molecule has 144 valence electrons. The SMILES string of the molecule is O=C(NC1CCCCCC1)c1cccc(S(=O)(=O)NCc2ccncc2)c1. The summed E-state index contributed by atoms with van der Waals surface area (Å²) in [5.41, 5.74) is 1.18. The van der Waals surface area contributed by atoms with Crippen molar-refractivity contribution in [3.05, 3.63) is 59.9 Å². The summed E-state index contributed by atoms with van der Waals surface area (Å²) in [4.78, 5) is 16.5. The molecule has 1 aliphatic carbocycles. The van der Waals surface area contributed by atoms with Crippen LogP contribution in [-0.2, 0) is 16.6 Å². The lowest BCUT2D eigenvalue weighted by atomic mass is 10.1. The Morgan fingerprint density at radius 3 is 2.44 bits per heavy atom.